The molecule has 0 bridgehead atoms. The molecule has 2 aromatic rings. The van der Waals surface area contributed by atoms with Crippen molar-refractivity contribution >= 4 is 45.1 Å². The van der Waals surface area contributed by atoms with Crippen molar-refractivity contribution in [2.24, 2.45) is 5.92 Å². The monoisotopic (exact) mass is 308 g/mol. The van der Waals surface area contributed by atoms with Gasteiger partial charge in [-0.1, -0.05) is 0 Å². The van der Waals surface area contributed by atoms with Gasteiger partial charge in [0.25, 0.3) is 0 Å². The quantitative estimate of drug-likeness (QED) is 0.884. The molecule has 1 saturated heterocycles. The van der Waals surface area contributed by atoms with Crippen LogP contribution in [-0.2, 0) is 0 Å². The second-order valence-electron chi connectivity index (χ2n) is 5.11. The van der Waals surface area contributed by atoms with E-state index in [1.165, 1.54) is 22.8 Å². The van der Waals surface area contributed by atoms with E-state index >= 15 is 0 Å². The van der Waals surface area contributed by atoms with Gasteiger partial charge in [0.15, 0.2) is 0 Å². The molecule has 0 spiro atoms. The molecule has 0 amide bonds. The van der Waals surface area contributed by atoms with Crippen LogP contribution in [0.3, 0.4) is 0 Å². The number of thiophene rings is 1. The van der Waals surface area contributed by atoms with Crippen molar-refractivity contribution in [1.82, 2.24) is 9.97 Å². The fourth-order valence-electron chi connectivity index (χ4n) is 2.40. The molecule has 2 N–H and O–H groups in total. The smallest absolute Gasteiger partial charge is 0.226 e. The van der Waals surface area contributed by atoms with Crippen molar-refractivity contribution in [3.05, 3.63) is 10.9 Å². The number of hydrogen-bond acceptors (Lipinski definition) is 6. The Morgan fingerprint density at radius 2 is 2.25 bits per heavy atom. The molecule has 1 aliphatic heterocycles. The third-order valence-corrected chi connectivity index (χ3v) is 5.61. The van der Waals surface area contributed by atoms with Gasteiger partial charge in [0.1, 0.15) is 10.6 Å². The number of aryl methyl sites for hydroxylation is 1. The maximum Gasteiger partial charge on any atom is 0.226 e. The summed E-state index contributed by atoms with van der Waals surface area (Å²) < 4.78 is 0. The Bertz CT molecular complexity index is 590. The molecule has 3 heterocycles. The predicted octanol–water partition coefficient (Wildman–Crippen LogP) is 3.60. The van der Waals surface area contributed by atoms with E-state index in [-0.39, 0.29) is 0 Å². The normalized spacial score (nSPS) is 18.6. The molecule has 108 valence electrons. The van der Waals surface area contributed by atoms with Crippen molar-refractivity contribution < 1.29 is 0 Å². The number of nitrogens with zero attached hydrogens (tertiary/aromatic N) is 2. The highest BCUT2D eigenvalue weighted by Gasteiger charge is 2.16. The number of rotatable bonds is 5. The number of hydrogen-bond donors (Lipinski definition) is 2. The van der Waals surface area contributed by atoms with Crippen LogP contribution in [0.2, 0.25) is 0 Å². The van der Waals surface area contributed by atoms with Gasteiger partial charge >= 0.3 is 0 Å². The summed E-state index contributed by atoms with van der Waals surface area (Å²) in [6.45, 7) is 6.04. The van der Waals surface area contributed by atoms with Crippen molar-refractivity contribution in [3.8, 4) is 0 Å². The molecule has 1 atom stereocenters. The average molecular weight is 308 g/mol. The summed E-state index contributed by atoms with van der Waals surface area (Å²) in [5.74, 6) is 5.04. The highest BCUT2D eigenvalue weighted by Crippen LogP contribution is 2.30. The lowest BCUT2D eigenvalue weighted by molar-refractivity contribution is 0.631. The van der Waals surface area contributed by atoms with Gasteiger partial charge in [-0.05, 0) is 43.8 Å². The molecule has 0 saturated carbocycles. The van der Waals surface area contributed by atoms with Gasteiger partial charge in [0.2, 0.25) is 5.95 Å². The highest BCUT2D eigenvalue weighted by atomic mass is 32.2. The van der Waals surface area contributed by atoms with Gasteiger partial charge in [0.05, 0.1) is 5.39 Å². The van der Waals surface area contributed by atoms with Crippen LogP contribution in [0.15, 0.2) is 6.07 Å². The molecule has 2 aromatic heterocycles. The molecule has 6 heteroatoms. The third kappa shape index (κ3) is 3.01. The lowest BCUT2D eigenvalue weighted by Gasteiger charge is -2.12. The Morgan fingerprint density at radius 1 is 1.35 bits per heavy atom. The topological polar surface area (TPSA) is 49.8 Å². The van der Waals surface area contributed by atoms with Crippen LogP contribution in [0.4, 0.5) is 11.8 Å². The van der Waals surface area contributed by atoms with E-state index < -0.39 is 0 Å². The van der Waals surface area contributed by atoms with Crippen LogP contribution in [-0.4, -0.2) is 34.6 Å². The van der Waals surface area contributed by atoms with Crippen LogP contribution in [0.1, 0.15) is 18.2 Å². The molecule has 4 nitrogen and oxygen atoms in total. The Morgan fingerprint density at radius 3 is 3.00 bits per heavy atom. The molecule has 0 radical (unpaired) electrons. The molecule has 20 heavy (non-hydrogen) atoms. The van der Waals surface area contributed by atoms with Crippen LogP contribution in [0.25, 0.3) is 10.2 Å². The van der Waals surface area contributed by atoms with E-state index in [1.54, 1.807) is 11.3 Å². The van der Waals surface area contributed by atoms with Crippen molar-refractivity contribution in [2.75, 3.05) is 35.2 Å². The van der Waals surface area contributed by atoms with Crippen molar-refractivity contribution in [1.29, 1.82) is 0 Å². The summed E-state index contributed by atoms with van der Waals surface area (Å²) in [6.07, 6.45) is 1.31. The van der Waals surface area contributed by atoms with E-state index in [1.807, 2.05) is 0 Å². The summed E-state index contributed by atoms with van der Waals surface area (Å²) in [6, 6.07) is 2.18. The lowest BCUT2D eigenvalue weighted by atomic mass is 10.1. The standard InChI is InChI=1S/C14H20N4S2/c1-3-15-14-17-12(16-7-10-4-5-19-8-10)11-6-9(2)20-13(11)18-14/h6,10H,3-5,7-8H2,1-2H3,(H2,15,16,17,18). The second kappa shape index (κ2) is 6.18. The molecule has 3 rings (SSSR count). The first-order chi connectivity index (χ1) is 9.76. The molecule has 1 aliphatic rings. The Kier molecular flexibility index (Phi) is 4.31. The predicted molar refractivity (Wildman–Crippen MR) is 90.2 cm³/mol. The van der Waals surface area contributed by atoms with Crippen LogP contribution in [0.5, 0.6) is 0 Å². The average Bonchev–Trinajstić information content (AvgIpc) is 3.04. The molecular weight excluding hydrogens is 288 g/mol. The first-order valence-corrected chi connectivity index (χ1v) is 9.07. The Hall–Kier alpha value is -1.01. The summed E-state index contributed by atoms with van der Waals surface area (Å²) >= 11 is 3.78. The van der Waals surface area contributed by atoms with Gasteiger partial charge < -0.3 is 10.6 Å². The third-order valence-electron chi connectivity index (χ3n) is 3.43. The minimum atomic E-state index is 0.727. The summed E-state index contributed by atoms with van der Waals surface area (Å²) in [7, 11) is 0. The first kappa shape index (κ1) is 13.9. The number of thioether (sulfide) groups is 1. The minimum Gasteiger partial charge on any atom is -0.369 e. The maximum absolute atomic E-state index is 4.63. The largest absolute Gasteiger partial charge is 0.369 e. The Balaban J connectivity index is 1.85. The maximum atomic E-state index is 4.63. The molecule has 0 aliphatic carbocycles. The van der Waals surface area contributed by atoms with Gasteiger partial charge in [-0.3, -0.25) is 0 Å². The van der Waals surface area contributed by atoms with Crippen LogP contribution >= 0.6 is 23.1 Å². The van der Waals surface area contributed by atoms with Gasteiger partial charge in [-0.2, -0.15) is 16.7 Å². The summed E-state index contributed by atoms with van der Waals surface area (Å²) in [4.78, 5) is 11.6. The van der Waals surface area contributed by atoms with Crippen molar-refractivity contribution in [3.63, 3.8) is 0 Å². The van der Waals surface area contributed by atoms with Crippen molar-refractivity contribution in [2.45, 2.75) is 20.3 Å². The molecule has 1 unspecified atom stereocenters. The molecule has 0 aromatic carbocycles. The highest BCUT2D eigenvalue weighted by molar-refractivity contribution is 7.99. The summed E-state index contributed by atoms with van der Waals surface area (Å²) in [5.41, 5.74) is 0. The van der Waals surface area contributed by atoms with Gasteiger partial charge in [-0.25, -0.2) is 4.98 Å². The van der Waals surface area contributed by atoms with Gasteiger partial charge in [0, 0.05) is 18.0 Å². The van der Waals surface area contributed by atoms with E-state index in [4.69, 9.17) is 0 Å². The number of nitrogens with one attached hydrogen (secondary N) is 2. The van der Waals surface area contributed by atoms with Gasteiger partial charge in [-0.15, -0.1) is 11.3 Å². The number of anilines is 2. The van der Waals surface area contributed by atoms with E-state index in [9.17, 15) is 0 Å². The number of aromatic nitrogens is 2. The molecular formula is C14H20N4S2. The van der Waals surface area contributed by atoms with E-state index in [2.05, 4.69) is 52.3 Å². The zero-order valence-electron chi connectivity index (χ0n) is 11.9. The second-order valence-corrected chi connectivity index (χ2v) is 7.50. The molecule has 1 fully saturated rings. The zero-order chi connectivity index (χ0) is 13.9. The fourth-order valence-corrected chi connectivity index (χ4v) is 4.56. The van der Waals surface area contributed by atoms with Crippen LogP contribution < -0.4 is 10.6 Å². The summed E-state index contributed by atoms with van der Waals surface area (Å²) in [5, 5.41) is 7.91. The zero-order valence-corrected chi connectivity index (χ0v) is 13.5. The van der Waals surface area contributed by atoms with E-state index in [0.29, 0.717) is 0 Å². The van der Waals surface area contributed by atoms with Crippen LogP contribution in [0, 0.1) is 12.8 Å². The van der Waals surface area contributed by atoms with E-state index in [0.717, 1.165) is 41.0 Å². The fraction of sp³-hybridized carbons (Fsp3) is 0.571. The Labute approximate surface area is 127 Å². The first-order valence-electron chi connectivity index (χ1n) is 7.10. The SMILES string of the molecule is CCNc1nc(NCC2CCSC2)c2cc(C)sc2n1. The lowest BCUT2D eigenvalue weighted by Crippen LogP contribution is -2.15. The minimum absolute atomic E-state index is 0.727. The number of fused-ring (bicyclic) bond motifs is 1.